The van der Waals surface area contributed by atoms with Crippen LogP contribution in [0.3, 0.4) is 0 Å². The normalized spacial score (nSPS) is 10.2. The maximum atomic E-state index is 6.04. The Kier molecular flexibility index (Phi) is 3.83. The lowest BCUT2D eigenvalue weighted by atomic mass is 10.3. The van der Waals surface area contributed by atoms with Gasteiger partial charge in [0.15, 0.2) is 0 Å². The molecule has 0 aliphatic heterocycles. The van der Waals surface area contributed by atoms with Crippen LogP contribution in [-0.4, -0.2) is 9.97 Å². The first-order valence-electron chi connectivity index (χ1n) is 4.35. The van der Waals surface area contributed by atoms with Crippen LogP contribution in [0.2, 0.25) is 10.0 Å². The van der Waals surface area contributed by atoms with E-state index in [-0.39, 0.29) is 0 Å². The van der Waals surface area contributed by atoms with Gasteiger partial charge in [-0.25, -0.2) is 9.97 Å². The number of hydrogen-bond donors (Lipinski definition) is 1. The highest BCUT2D eigenvalue weighted by molar-refractivity contribution is 14.1. The number of hydrogen-bond acceptors (Lipinski definition) is 3. The van der Waals surface area contributed by atoms with Crippen molar-refractivity contribution in [2.24, 2.45) is 0 Å². The third-order valence-electron chi connectivity index (χ3n) is 1.87. The van der Waals surface area contributed by atoms with Crippen molar-refractivity contribution in [2.75, 3.05) is 5.32 Å². The van der Waals surface area contributed by atoms with Crippen molar-refractivity contribution in [2.45, 2.75) is 0 Å². The first-order chi connectivity index (χ1) is 7.68. The molecule has 2 rings (SSSR count). The summed E-state index contributed by atoms with van der Waals surface area (Å²) in [4.78, 5) is 8.02. The Balaban J connectivity index is 2.38. The van der Waals surface area contributed by atoms with Gasteiger partial charge in [-0.1, -0.05) is 29.3 Å². The number of anilines is 2. The molecule has 16 heavy (non-hydrogen) atoms. The molecular formula is C10H6Cl2IN3. The van der Waals surface area contributed by atoms with Gasteiger partial charge in [-0.2, -0.15) is 0 Å². The summed E-state index contributed by atoms with van der Waals surface area (Å²) in [6.07, 6.45) is 3.18. The average molecular weight is 366 g/mol. The van der Waals surface area contributed by atoms with Crippen LogP contribution in [0.15, 0.2) is 30.7 Å². The number of para-hydroxylation sites is 1. The molecule has 1 aromatic heterocycles. The van der Waals surface area contributed by atoms with Crippen LogP contribution in [0.1, 0.15) is 0 Å². The number of nitrogens with one attached hydrogen (secondary N) is 1. The van der Waals surface area contributed by atoms with Gasteiger partial charge in [0.2, 0.25) is 0 Å². The Bertz CT molecular complexity index is 499. The minimum absolute atomic E-state index is 0.557. The van der Waals surface area contributed by atoms with Gasteiger partial charge in [-0.05, 0) is 34.7 Å². The zero-order valence-electron chi connectivity index (χ0n) is 7.92. The Morgan fingerprint density at radius 2 is 1.88 bits per heavy atom. The van der Waals surface area contributed by atoms with E-state index in [4.69, 9.17) is 23.2 Å². The van der Waals surface area contributed by atoms with Gasteiger partial charge in [0, 0.05) is 6.20 Å². The number of aromatic nitrogens is 2. The fourth-order valence-corrected chi connectivity index (χ4v) is 2.07. The predicted octanol–water partition coefficient (Wildman–Crippen LogP) is 4.13. The van der Waals surface area contributed by atoms with Crippen LogP contribution >= 0.6 is 45.8 Å². The van der Waals surface area contributed by atoms with Crippen LogP contribution in [0.5, 0.6) is 0 Å². The molecule has 1 aromatic carbocycles. The highest BCUT2D eigenvalue weighted by Crippen LogP contribution is 2.32. The van der Waals surface area contributed by atoms with Crippen molar-refractivity contribution in [1.82, 2.24) is 9.97 Å². The summed E-state index contributed by atoms with van der Waals surface area (Å²) in [5.41, 5.74) is 0.655. The predicted molar refractivity (Wildman–Crippen MR) is 74.5 cm³/mol. The first kappa shape index (κ1) is 11.9. The molecule has 0 radical (unpaired) electrons. The average Bonchev–Trinajstić information content (AvgIpc) is 2.26. The largest absolute Gasteiger partial charge is 0.337 e. The minimum atomic E-state index is 0.557. The molecule has 82 valence electrons. The molecule has 0 spiro atoms. The summed E-state index contributed by atoms with van der Waals surface area (Å²) in [7, 11) is 0. The third-order valence-corrected chi connectivity index (χ3v) is 3.29. The van der Waals surface area contributed by atoms with Gasteiger partial charge in [0.05, 0.1) is 19.3 Å². The van der Waals surface area contributed by atoms with Crippen LogP contribution in [-0.2, 0) is 0 Å². The molecule has 3 nitrogen and oxygen atoms in total. The Morgan fingerprint density at radius 1 is 1.19 bits per heavy atom. The van der Waals surface area contributed by atoms with E-state index in [2.05, 4.69) is 37.9 Å². The molecule has 2 aromatic rings. The molecular weight excluding hydrogens is 360 g/mol. The van der Waals surface area contributed by atoms with Gasteiger partial charge in [0.25, 0.3) is 0 Å². The molecule has 0 aliphatic carbocycles. The Labute approximate surface area is 116 Å². The molecule has 0 amide bonds. The third kappa shape index (κ3) is 2.56. The number of benzene rings is 1. The first-order valence-corrected chi connectivity index (χ1v) is 6.18. The summed E-state index contributed by atoms with van der Waals surface area (Å²) in [5, 5.41) is 4.20. The van der Waals surface area contributed by atoms with Crippen molar-refractivity contribution in [3.63, 3.8) is 0 Å². The number of nitrogens with zero attached hydrogens (tertiary/aromatic N) is 2. The molecule has 0 saturated heterocycles. The quantitative estimate of drug-likeness (QED) is 0.813. The van der Waals surface area contributed by atoms with Crippen LogP contribution < -0.4 is 5.32 Å². The van der Waals surface area contributed by atoms with E-state index in [1.807, 2.05) is 0 Å². The van der Waals surface area contributed by atoms with E-state index >= 15 is 0 Å². The van der Waals surface area contributed by atoms with Gasteiger partial charge in [0.1, 0.15) is 12.1 Å². The van der Waals surface area contributed by atoms with E-state index in [9.17, 15) is 0 Å². The fraction of sp³-hybridized carbons (Fsp3) is 0. The maximum Gasteiger partial charge on any atom is 0.147 e. The van der Waals surface area contributed by atoms with Crippen molar-refractivity contribution in [1.29, 1.82) is 0 Å². The summed E-state index contributed by atoms with van der Waals surface area (Å²) in [6, 6.07) is 5.33. The van der Waals surface area contributed by atoms with Crippen molar-refractivity contribution >= 4 is 57.3 Å². The lowest BCUT2D eigenvalue weighted by Crippen LogP contribution is -1.98. The Hall–Kier alpha value is -0.590. The van der Waals surface area contributed by atoms with Crippen molar-refractivity contribution in [3.8, 4) is 0 Å². The second-order valence-corrected chi connectivity index (χ2v) is 4.92. The zero-order valence-corrected chi connectivity index (χ0v) is 11.6. The van der Waals surface area contributed by atoms with E-state index in [1.165, 1.54) is 6.33 Å². The number of rotatable bonds is 2. The van der Waals surface area contributed by atoms with Crippen LogP contribution in [0.25, 0.3) is 0 Å². The fourth-order valence-electron chi connectivity index (χ4n) is 1.14. The molecule has 0 saturated carbocycles. The molecule has 1 heterocycles. The van der Waals surface area contributed by atoms with E-state index in [0.29, 0.717) is 21.6 Å². The Morgan fingerprint density at radius 3 is 2.50 bits per heavy atom. The molecule has 0 bridgehead atoms. The molecule has 0 fully saturated rings. The lowest BCUT2D eigenvalue weighted by molar-refractivity contribution is 1.15. The maximum absolute atomic E-state index is 6.04. The standard InChI is InChI=1S/C10H6Cl2IN3/c11-6-2-1-3-7(12)9(6)16-10-8(13)4-14-5-15-10/h1-5H,(H,14,15,16). The van der Waals surface area contributed by atoms with Crippen molar-refractivity contribution < 1.29 is 0 Å². The summed E-state index contributed by atoms with van der Waals surface area (Å²) >= 11 is 14.2. The number of halogens is 3. The van der Waals surface area contributed by atoms with E-state index in [0.717, 1.165) is 3.57 Å². The topological polar surface area (TPSA) is 37.8 Å². The SMILES string of the molecule is Clc1cccc(Cl)c1Nc1ncncc1I. The smallest absolute Gasteiger partial charge is 0.147 e. The van der Waals surface area contributed by atoms with Crippen LogP contribution in [0, 0.1) is 3.57 Å². The molecule has 1 N–H and O–H groups in total. The summed E-state index contributed by atoms with van der Waals surface area (Å²) in [6.45, 7) is 0. The highest BCUT2D eigenvalue weighted by atomic mass is 127. The highest BCUT2D eigenvalue weighted by Gasteiger charge is 2.08. The van der Waals surface area contributed by atoms with Gasteiger partial charge >= 0.3 is 0 Å². The monoisotopic (exact) mass is 365 g/mol. The summed E-state index contributed by atoms with van der Waals surface area (Å²) in [5.74, 6) is 0.686. The molecule has 6 heteroatoms. The van der Waals surface area contributed by atoms with Gasteiger partial charge in [-0.15, -0.1) is 0 Å². The minimum Gasteiger partial charge on any atom is -0.337 e. The van der Waals surface area contributed by atoms with E-state index < -0.39 is 0 Å². The second kappa shape index (κ2) is 5.16. The van der Waals surface area contributed by atoms with Gasteiger partial charge in [-0.3, -0.25) is 0 Å². The van der Waals surface area contributed by atoms with Crippen molar-refractivity contribution in [3.05, 3.63) is 44.3 Å². The van der Waals surface area contributed by atoms with E-state index in [1.54, 1.807) is 24.4 Å². The molecule has 0 atom stereocenters. The zero-order chi connectivity index (χ0) is 11.5. The molecule has 0 aliphatic rings. The van der Waals surface area contributed by atoms with Crippen LogP contribution in [0.4, 0.5) is 11.5 Å². The van der Waals surface area contributed by atoms with Gasteiger partial charge < -0.3 is 5.32 Å². The molecule has 0 unspecified atom stereocenters. The lowest BCUT2D eigenvalue weighted by Gasteiger charge is -2.10. The second-order valence-electron chi connectivity index (χ2n) is 2.94. The summed E-state index contributed by atoms with van der Waals surface area (Å²) < 4.78 is 0.899.